The van der Waals surface area contributed by atoms with Crippen molar-refractivity contribution in [3.05, 3.63) is 17.3 Å². The van der Waals surface area contributed by atoms with Gasteiger partial charge >= 0.3 is 0 Å². The predicted octanol–water partition coefficient (Wildman–Crippen LogP) is 2.31. The zero-order chi connectivity index (χ0) is 13.6. The highest BCUT2D eigenvalue weighted by atomic mass is 16.5. The maximum Gasteiger partial charge on any atom is 0.151 e. The van der Waals surface area contributed by atoms with E-state index in [0.29, 0.717) is 0 Å². The van der Waals surface area contributed by atoms with Gasteiger partial charge in [-0.2, -0.15) is 5.10 Å². The van der Waals surface area contributed by atoms with Crippen molar-refractivity contribution in [3.63, 3.8) is 0 Å². The van der Waals surface area contributed by atoms with Crippen LogP contribution < -0.4 is 4.90 Å². The normalized spacial score (nSPS) is 29.4. The summed E-state index contributed by atoms with van der Waals surface area (Å²) in [5.41, 5.74) is 2.75. The lowest BCUT2D eigenvalue weighted by molar-refractivity contribution is -0.00551. The third kappa shape index (κ3) is 2.34. The molecule has 4 heteroatoms. The average Bonchev–Trinajstić information content (AvgIpc) is 2.64. The Hall–Kier alpha value is -1.16. The number of ether oxygens (including phenoxy) is 1. The summed E-state index contributed by atoms with van der Waals surface area (Å²) in [4.78, 5) is 2.30. The Kier molecular flexibility index (Phi) is 3.01. The number of aromatic nitrogens is 2. The lowest BCUT2D eigenvalue weighted by atomic mass is 9.91. The largest absolute Gasteiger partial charge is 0.372 e. The second-order valence-corrected chi connectivity index (χ2v) is 6.62. The van der Waals surface area contributed by atoms with Crippen LogP contribution in [-0.2, 0) is 16.6 Å². The van der Waals surface area contributed by atoms with E-state index in [2.05, 4.69) is 48.9 Å². The SMILES string of the molecule is C[C@@H]1CN(c2cc3c(nn2)C(C)(C)CC3)C[C@H](C)O1. The fourth-order valence-electron chi connectivity index (χ4n) is 3.26. The fraction of sp³-hybridized carbons (Fsp3) is 0.733. The Labute approximate surface area is 115 Å². The highest BCUT2D eigenvalue weighted by Crippen LogP contribution is 2.37. The standard InChI is InChI=1S/C15H23N3O/c1-10-8-18(9-11(2)19-10)13-7-12-5-6-15(3,4)14(12)17-16-13/h7,10-11H,5-6,8-9H2,1-4H3/t10-,11+. The molecule has 1 aliphatic heterocycles. The minimum atomic E-state index is 0.187. The predicted molar refractivity (Wildman–Crippen MR) is 75.6 cm³/mol. The maximum absolute atomic E-state index is 5.77. The molecule has 0 aromatic carbocycles. The van der Waals surface area contributed by atoms with Crippen molar-refractivity contribution in [3.8, 4) is 0 Å². The van der Waals surface area contributed by atoms with Crippen molar-refractivity contribution < 1.29 is 4.74 Å². The number of rotatable bonds is 1. The number of hydrogen-bond donors (Lipinski definition) is 0. The Balaban J connectivity index is 1.87. The smallest absolute Gasteiger partial charge is 0.151 e. The molecule has 0 amide bonds. The number of hydrogen-bond acceptors (Lipinski definition) is 4. The lowest BCUT2D eigenvalue weighted by Crippen LogP contribution is -2.46. The molecule has 0 radical (unpaired) electrons. The Morgan fingerprint density at radius 1 is 1.21 bits per heavy atom. The highest BCUT2D eigenvalue weighted by molar-refractivity contribution is 5.45. The third-order valence-electron chi connectivity index (χ3n) is 4.26. The molecule has 1 saturated heterocycles. The fourth-order valence-corrected chi connectivity index (χ4v) is 3.26. The van der Waals surface area contributed by atoms with E-state index in [-0.39, 0.29) is 17.6 Å². The molecule has 4 nitrogen and oxygen atoms in total. The highest BCUT2D eigenvalue weighted by Gasteiger charge is 2.33. The Bertz CT molecular complexity index is 476. The van der Waals surface area contributed by atoms with Gasteiger partial charge in [-0.25, -0.2) is 0 Å². The zero-order valence-electron chi connectivity index (χ0n) is 12.3. The van der Waals surface area contributed by atoms with E-state index in [9.17, 15) is 0 Å². The molecule has 0 spiro atoms. The first-order chi connectivity index (χ1) is 8.95. The summed E-state index contributed by atoms with van der Waals surface area (Å²) in [5.74, 6) is 1.01. The van der Waals surface area contributed by atoms with Crippen molar-refractivity contribution in [2.75, 3.05) is 18.0 Å². The van der Waals surface area contributed by atoms with E-state index in [4.69, 9.17) is 4.74 Å². The second kappa shape index (κ2) is 4.44. The topological polar surface area (TPSA) is 38.2 Å². The number of morpholine rings is 1. The summed E-state index contributed by atoms with van der Waals surface area (Å²) < 4.78 is 5.77. The molecule has 104 valence electrons. The summed E-state index contributed by atoms with van der Waals surface area (Å²) in [7, 11) is 0. The molecular formula is C15H23N3O. The van der Waals surface area contributed by atoms with Gasteiger partial charge in [-0.15, -0.1) is 5.10 Å². The minimum absolute atomic E-state index is 0.187. The van der Waals surface area contributed by atoms with Crippen LogP contribution in [0.25, 0.3) is 0 Å². The van der Waals surface area contributed by atoms with E-state index in [1.165, 1.54) is 17.7 Å². The van der Waals surface area contributed by atoms with Gasteiger partial charge < -0.3 is 9.64 Å². The van der Waals surface area contributed by atoms with Gasteiger partial charge in [0.15, 0.2) is 5.82 Å². The molecule has 1 aromatic heterocycles. The molecule has 2 atom stereocenters. The molecule has 0 unspecified atom stereocenters. The van der Waals surface area contributed by atoms with Gasteiger partial charge in [-0.05, 0) is 38.3 Å². The van der Waals surface area contributed by atoms with Crippen LogP contribution in [-0.4, -0.2) is 35.5 Å². The molecule has 19 heavy (non-hydrogen) atoms. The molecule has 1 fully saturated rings. The summed E-state index contributed by atoms with van der Waals surface area (Å²) in [6.07, 6.45) is 2.82. The van der Waals surface area contributed by atoms with Crippen LogP contribution in [0.1, 0.15) is 45.4 Å². The first-order valence-corrected chi connectivity index (χ1v) is 7.23. The number of nitrogens with zero attached hydrogens (tertiary/aromatic N) is 3. The maximum atomic E-state index is 5.77. The molecule has 2 aliphatic rings. The zero-order valence-corrected chi connectivity index (χ0v) is 12.3. The first-order valence-electron chi connectivity index (χ1n) is 7.23. The molecule has 1 aromatic rings. The number of fused-ring (bicyclic) bond motifs is 1. The molecule has 2 heterocycles. The molecule has 0 N–H and O–H groups in total. The van der Waals surface area contributed by atoms with E-state index >= 15 is 0 Å². The van der Waals surface area contributed by atoms with Crippen molar-refractivity contribution in [1.29, 1.82) is 0 Å². The van der Waals surface area contributed by atoms with E-state index < -0.39 is 0 Å². The van der Waals surface area contributed by atoms with E-state index in [1.807, 2.05) is 0 Å². The molecule has 0 bridgehead atoms. The van der Waals surface area contributed by atoms with Gasteiger partial charge in [0.2, 0.25) is 0 Å². The van der Waals surface area contributed by atoms with Crippen LogP contribution in [0.15, 0.2) is 6.07 Å². The van der Waals surface area contributed by atoms with Crippen molar-refractivity contribution in [2.24, 2.45) is 0 Å². The van der Waals surface area contributed by atoms with Gasteiger partial charge in [-0.1, -0.05) is 13.8 Å². The van der Waals surface area contributed by atoms with Gasteiger partial charge in [-0.3, -0.25) is 0 Å². The van der Waals surface area contributed by atoms with Crippen molar-refractivity contribution in [2.45, 2.75) is 58.2 Å². The summed E-state index contributed by atoms with van der Waals surface area (Å²) in [6, 6.07) is 2.24. The Morgan fingerprint density at radius 2 is 1.89 bits per heavy atom. The Morgan fingerprint density at radius 3 is 2.58 bits per heavy atom. The molecule has 3 rings (SSSR count). The first kappa shape index (κ1) is 12.9. The number of anilines is 1. The summed E-state index contributed by atoms with van der Waals surface area (Å²) in [6.45, 7) is 10.6. The van der Waals surface area contributed by atoms with Crippen molar-refractivity contribution >= 4 is 5.82 Å². The second-order valence-electron chi connectivity index (χ2n) is 6.62. The summed E-state index contributed by atoms with van der Waals surface area (Å²) >= 11 is 0. The monoisotopic (exact) mass is 261 g/mol. The van der Waals surface area contributed by atoms with Crippen LogP contribution >= 0.6 is 0 Å². The molecule has 0 saturated carbocycles. The molecule has 1 aliphatic carbocycles. The molecular weight excluding hydrogens is 238 g/mol. The van der Waals surface area contributed by atoms with Crippen LogP contribution in [0.2, 0.25) is 0 Å². The van der Waals surface area contributed by atoms with Gasteiger partial charge in [0.05, 0.1) is 17.9 Å². The van der Waals surface area contributed by atoms with Gasteiger partial charge in [0, 0.05) is 18.5 Å². The average molecular weight is 261 g/mol. The number of aryl methyl sites for hydroxylation is 1. The van der Waals surface area contributed by atoms with Gasteiger partial charge in [0.25, 0.3) is 0 Å². The van der Waals surface area contributed by atoms with Crippen LogP contribution in [0.5, 0.6) is 0 Å². The van der Waals surface area contributed by atoms with Crippen LogP contribution in [0.3, 0.4) is 0 Å². The van der Waals surface area contributed by atoms with E-state index in [1.54, 1.807) is 0 Å². The third-order valence-corrected chi connectivity index (χ3v) is 4.26. The quantitative estimate of drug-likeness (QED) is 0.777. The lowest BCUT2D eigenvalue weighted by Gasteiger charge is -2.36. The van der Waals surface area contributed by atoms with Gasteiger partial charge in [0.1, 0.15) is 0 Å². The van der Waals surface area contributed by atoms with Crippen LogP contribution in [0.4, 0.5) is 5.82 Å². The van der Waals surface area contributed by atoms with Crippen LogP contribution in [0, 0.1) is 0 Å². The summed E-state index contributed by atoms with van der Waals surface area (Å²) in [5, 5.41) is 8.96. The van der Waals surface area contributed by atoms with Crippen molar-refractivity contribution in [1.82, 2.24) is 10.2 Å². The minimum Gasteiger partial charge on any atom is -0.372 e. The van der Waals surface area contributed by atoms with E-state index in [0.717, 1.165) is 25.3 Å².